The van der Waals surface area contributed by atoms with Crippen molar-refractivity contribution in [2.45, 2.75) is 24.6 Å². The van der Waals surface area contributed by atoms with E-state index < -0.39 is 30.0 Å². The summed E-state index contributed by atoms with van der Waals surface area (Å²) in [4.78, 5) is 23.2. The van der Waals surface area contributed by atoms with Gasteiger partial charge in [-0.15, -0.1) is 11.3 Å². The van der Waals surface area contributed by atoms with Crippen molar-refractivity contribution in [2.75, 3.05) is 13.7 Å². The van der Waals surface area contributed by atoms with Gasteiger partial charge in [0, 0.05) is 46.1 Å². The molecule has 0 unspecified atom stereocenters. The maximum atomic E-state index is 13.8. The molecule has 35 heavy (non-hydrogen) atoms. The number of fused-ring (bicyclic) bond motifs is 1. The number of methoxy groups -OCH3 is 1. The van der Waals surface area contributed by atoms with Crippen LogP contribution in [-0.2, 0) is 9.53 Å². The van der Waals surface area contributed by atoms with Crippen molar-refractivity contribution in [2.24, 2.45) is 4.99 Å². The summed E-state index contributed by atoms with van der Waals surface area (Å²) < 4.78 is 45.8. The van der Waals surface area contributed by atoms with Gasteiger partial charge >= 0.3 is 12.5 Å². The summed E-state index contributed by atoms with van der Waals surface area (Å²) >= 11 is 7.67. The van der Waals surface area contributed by atoms with Crippen LogP contribution in [0.5, 0.6) is 0 Å². The second-order valence-corrected chi connectivity index (χ2v) is 9.27. The molecule has 0 spiro atoms. The Morgan fingerprint density at radius 3 is 2.80 bits per heavy atom. The average molecular weight is 524 g/mol. The molecule has 2 aliphatic heterocycles. The Hall–Kier alpha value is -3.22. The van der Waals surface area contributed by atoms with Gasteiger partial charge < -0.3 is 14.7 Å². The van der Waals surface area contributed by atoms with E-state index >= 15 is 0 Å². The lowest BCUT2D eigenvalue weighted by atomic mass is 9.91. The topological polar surface area (TPSA) is 92.8 Å². The molecule has 1 aromatic carbocycles. The highest BCUT2D eigenvalue weighted by Crippen LogP contribution is 2.48. The van der Waals surface area contributed by atoms with Crippen molar-refractivity contribution in [3.05, 3.63) is 74.8 Å². The van der Waals surface area contributed by atoms with Gasteiger partial charge in [-0.2, -0.15) is 13.9 Å². The van der Waals surface area contributed by atoms with E-state index in [2.05, 4.69) is 10.1 Å². The van der Waals surface area contributed by atoms with Crippen LogP contribution < -0.4 is 0 Å². The third-order valence-corrected chi connectivity index (χ3v) is 6.92. The van der Waals surface area contributed by atoms with Crippen molar-refractivity contribution < 1.29 is 27.8 Å². The van der Waals surface area contributed by atoms with Gasteiger partial charge in [-0.25, -0.2) is 18.9 Å². The molecule has 3 aromatic rings. The first kappa shape index (κ1) is 23.5. The maximum absolute atomic E-state index is 13.8. The predicted octanol–water partition coefficient (Wildman–Crippen LogP) is 4.05. The Bertz CT molecular complexity index is 1360. The summed E-state index contributed by atoms with van der Waals surface area (Å²) in [6, 6.07) is 4.27. The predicted molar refractivity (Wildman–Crippen MR) is 121 cm³/mol. The SMILES string of the molecule is COC(=O)[C@]1(O)CC2=C(c3ccn(C(F)F)n3)[C@H](c3ccc(F)cc3Cl)N=C(c3nccs3)N2C1. The molecule has 0 saturated carbocycles. The number of aliphatic hydroxyl groups is 1. The van der Waals surface area contributed by atoms with Gasteiger partial charge in [0.1, 0.15) is 11.9 Å². The molecule has 13 heteroatoms. The lowest BCUT2D eigenvalue weighted by Gasteiger charge is -2.32. The number of amidine groups is 1. The van der Waals surface area contributed by atoms with Crippen molar-refractivity contribution in [1.29, 1.82) is 0 Å². The summed E-state index contributed by atoms with van der Waals surface area (Å²) in [5.41, 5.74) is -0.627. The molecule has 2 aliphatic rings. The fourth-order valence-electron chi connectivity index (χ4n) is 4.30. The highest BCUT2D eigenvalue weighted by molar-refractivity contribution is 7.11. The fourth-order valence-corrected chi connectivity index (χ4v) is 5.21. The maximum Gasteiger partial charge on any atom is 0.340 e. The van der Waals surface area contributed by atoms with Crippen molar-refractivity contribution in [3.63, 3.8) is 0 Å². The third-order valence-electron chi connectivity index (χ3n) is 5.83. The molecule has 0 bridgehead atoms. The number of carbonyl (C=O) groups is 1. The summed E-state index contributed by atoms with van der Waals surface area (Å²) in [6.45, 7) is -3.08. The number of halogens is 4. The number of hydrogen-bond donors (Lipinski definition) is 1. The number of rotatable bonds is 5. The molecule has 1 N–H and O–H groups in total. The van der Waals surface area contributed by atoms with E-state index in [1.807, 2.05) is 0 Å². The molecule has 0 amide bonds. The van der Waals surface area contributed by atoms with E-state index in [1.54, 1.807) is 16.5 Å². The molecular formula is C22H17ClF3N5O3S. The van der Waals surface area contributed by atoms with E-state index in [9.17, 15) is 23.1 Å². The first-order valence-electron chi connectivity index (χ1n) is 10.3. The van der Waals surface area contributed by atoms with Crippen LogP contribution in [-0.4, -0.2) is 55.8 Å². The highest BCUT2D eigenvalue weighted by Gasteiger charge is 2.51. The molecule has 1 fully saturated rings. The zero-order chi connectivity index (χ0) is 24.9. The number of hydrogen-bond acceptors (Lipinski definition) is 8. The minimum atomic E-state index is -2.88. The van der Waals surface area contributed by atoms with Crippen LogP contribution in [0.2, 0.25) is 5.02 Å². The molecule has 0 radical (unpaired) electrons. The van der Waals surface area contributed by atoms with Crippen LogP contribution in [0.15, 0.2) is 52.7 Å². The average Bonchev–Trinajstić information content (AvgIpc) is 3.57. The Kier molecular flexibility index (Phi) is 5.90. The van der Waals surface area contributed by atoms with Gasteiger partial charge in [-0.05, 0) is 18.2 Å². The van der Waals surface area contributed by atoms with Gasteiger partial charge in [0.05, 0.1) is 19.3 Å². The lowest BCUT2D eigenvalue weighted by molar-refractivity contribution is -0.160. The number of thiazole rings is 1. The van der Waals surface area contributed by atoms with Gasteiger partial charge in [-0.1, -0.05) is 17.7 Å². The molecule has 182 valence electrons. The molecular weight excluding hydrogens is 507 g/mol. The second kappa shape index (κ2) is 8.77. The van der Waals surface area contributed by atoms with Gasteiger partial charge in [0.15, 0.2) is 16.4 Å². The normalized spacial score (nSPS) is 22.0. The van der Waals surface area contributed by atoms with E-state index in [-0.39, 0.29) is 23.7 Å². The monoisotopic (exact) mass is 523 g/mol. The molecule has 2 aromatic heterocycles. The molecule has 8 nitrogen and oxygen atoms in total. The lowest BCUT2D eigenvalue weighted by Crippen LogP contribution is -2.43. The number of esters is 1. The molecule has 1 saturated heterocycles. The largest absolute Gasteiger partial charge is 0.467 e. The number of aromatic nitrogens is 3. The quantitative estimate of drug-likeness (QED) is 0.507. The number of benzene rings is 1. The van der Waals surface area contributed by atoms with E-state index in [1.165, 1.54) is 29.5 Å². The first-order chi connectivity index (χ1) is 16.7. The molecule has 5 rings (SSSR count). The van der Waals surface area contributed by atoms with Gasteiger partial charge in [0.2, 0.25) is 0 Å². The number of ether oxygens (including phenoxy) is 1. The summed E-state index contributed by atoms with van der Waals surface area (Å²) in [6.07, 6.45) is 2.49. The van der Waals surface area contributed by atoms with Crippen LogP contribution in [0.1, 0.15) is 35.3 Å². The summed E-state index contributed by atoms with van der Waals surface area (Å²) in [5.74, 6) is -1.07. The fraction of sp³-hybridized carbons (Fsp3) is 0.273. The first-order valence-corrected chi connectivity index (χ1v) is 11.6. The Balaban J connectivity index is 1.76. The summed E-state index contributed by atoms with van der Waals surface area (Å²) in [7, 11) is 1.16. The van der Waals surface area contributed by atoms with Crippen molar-refractivity contribution >= 4 is 40.3 Å². The van der Waals surface area contributed by atoms with E-state index in [0.717, 1.165) is 19.4 Å². The van der Waals surface area contributed by atoms with Crippen LogP contribution >= 0.6 is 22.9 Å². The van der Waals surface area contributed by atoms with Crippen LogP contribution in [0.3, 0.4) is 0 Å². The van der Waals surface area contributed by atoms with Crippen LogP contribution in [0.25, 0.3) is 5.57 Å². The standard InChI is InChI=1S/C22H17ClF3N5O3S/c1-34-20(32)22(33)9-15-16(14-4-6-31(29-14)21(25)26)17(12-3-2-11(24)8-13(12)23)28-18(30(15)10-22)19-27-5-7-35-19/h2-8,17,21,33H,9-10H2,1H3/t17-,22-/m0/s1. The minimum Gasteiger partial charge on any atom is -0.467 e. The summed E-state index contributed by atoms with van der Waals surface area (Å²) in [5, 5.41) is 17.5. The van der Waals surface area contributed by atoms with Gasteiger partial charge in [0.25, 0.3) is 0 Å². The molecule has 4 heterocycles. The Morgan fingerprint density at radius 2 is 2.17 bits per heavy atom. The second-order valence-electron chi connectivity index (χ2n) is 7.96. The Labute approximate surface area is 205 Å². The highest BCUT2D eigenvalue weighted by atomic mass is 35.5. The number of nitrogens with zero attached hydrogens (tertiary/aromatic N) is 5. The van der Waals surface area contributed by atoms with Gasteiger partial charge in [-0.3, -0.25) is 4.99 Å². The Morgan fingerprint density at radius 1 is 1.37 bits per heavy atom. The van der Waals surface area contributed by atoms with E-state index in [4.69, 9.17) is 21.3 Å². The number of aliphatic imine (C=N–C) groups is 1. The van der Waals surface area contributed by atoms with Crippen molar-refractivity contribution in [1.82, 2.24) is 19.7 Å². The van der Waals surface area contributed by atoms with Crippen LogP contribution in [0, 0.1) is 5.82 Å². The third kappa shape index (κ3) is 4.01. The smallest absolute Gasteiger partial charge is 0.340 e. The number of carbonyl (C=O) groups excluding carboxylic acids is 1. The zero-order valence-electron chi connectivity index (χ0n) is 18.0. The van der Waals surface area contributed by atoms with E-state index in [0.29, 0.717) is 32.4 Å². The van der Waals surface area contributed by atoms with Crippen molar-refractivity contribution in [3.8, 4) is 0 Å². The zero-order valence-corrected chi connectivity index (χ0v) is 19.6. The minimum absolute atomic E-state index is 0.0679. The molecule has 2 atom stereocenters. The number of alkyl halides is 2. The molecule has 0 aliphatic carbocycles. The van der Waals surface area contributed by atoms with Crippen LogP contribution in [0.4, 0.5) is 13.2 Å².